The van der Waals surface area contributed by atoms with Crippen molar-refractivity contribution in [2.24, 2.45) is 0 Å². The number of aldehydes is 1. The van der Waals surface area contributed by atoms with Crippen molar-refractivity contribution in [2.75, 3.05) is 14.2 Å². The summed E-state index contributed by atoms with van der Waals surface area (Å²) in [7, 11) is 3.14. The van der Waals surface area contributed by atoms with Gasteiger partial charge in [-0.1, -0.05) is 17.7 Å². The highest BCUT2D eigenvalue weighted by Gasteiger charge is 2.13. The Morgan fingerprint density at radius 1 is 1.08 bits per heavy atom. The summed E-state index contributed by atoms with van der Waals surface area (Å²) in [5.74, 6) is 1.62. The van der Waals surface area contributed by atoms with Crippen molar-refractivity contribution in [3.05, 3.63) is 47.3 Å². The van der Waals surface area contributed by atoms with Crippen LogP contribution in [-0.2, 0) is 4.79 Å². The summed E-state index contributed by atoms with van der Waals surface area (Å²) < 4.78 is 16.6. The third-order valence-electron chi connectivity index (χ3n) is 3.32. The van der Waals surface area contributed by atoms with E-state index in [2.05, 4.69) is 19.9 Å². The van der Waals surface area contributed by atoms with Gasteiger partial charge in [-0.3, -0.25) is 4.79 Å². The second-order valence-corrected chi connectivity index (χ2v) is 5.65. The van der Waals surface area contributed by atoms with Crippen LogP contribution in [0.15, 0.2) is 41.7 Å². The van der Waals surface area contributed by atoms with Gasteiger partial charge in [-0.15, -0.1) is 0 Å². The molecule has 0 atom stereocenters. The van der Waals surface area contributed by atoms with Gasteiger partial charge in [0.05, 0.1) is 20.5 Å². The van der Waals surface area contributed by atoms with Gasteiger partial charge in [0.25, 0.3) is 0 Å². The lowest BCUT2D eigenvalue weighted by atomic mass is 10.1. The molecule has 24 heavy (non-hydrogen) atoms. The summed E-state index contributed by atoms with van der Waals surface area (Å²) in [5, 5.41) is 0. The van der Waals surface area contributed by atoms with Crippen LogP contribution in [0, 0.1) is 0 Å². The molecular formula is C20H26O4. The van der Waals surface area contributed by atoms with Crippen LogP contribution < -0.4 is 14.2 Å². The van der Waals surface area contributed by atoms with Crippen LogP contribution in [0.3, 0.4) is 0 Å². The molecule has 0 radical (unpaired) electrons. The van der Waals surface area contributed by atoms with Crippen LogP contribution in [0.2, 0.25) is 0 Å². The number of carbonyl (C=O) groups is 1. The van der Waals surface area contributed by atoms with E-state index in [1.807, 2.05) is 6.92 Å². The molecular weight excluding hydrogens is 304 g/mol. The highest BCUT2D eigenvalue weighted by atomic mass is 16.5. The Labute approximate surface area is 144 Å². The Kier molecular flexibility index (Phi) is 8.41. The van der Waals surface area contributed by atoms with Crippen molar-refractivity contribution in [2.45, 2.75) is 33.6 Å². The summed E-state index contributed by atoms with van der Waals surface area (Å²) in [4.78, 5) is 10.5. The maximum atomic E-state index is 10.5. The predicted molar refractivity (Wildman–Crippen MR) is 97.7 cm³/mol. The van der Waals surface area contributed by atoms with E-state index < -0.39 is 0 Å². The summed E-state index contributed by atoms with van der Waals surface area (Å²) in [5.41, 5.74) is 3.24. The zero-order chi connectivity index (χ0) is 17.9. The van der Waals surface area contributed by atoms with Gasteiger partial charge in [0.2, 0.25) is 5.75 Å². The van der Waals surface area contributed by atoms with Gasteiger partial charge in [0, 0.05) is 0 Å². The number of hydrogen-bond acceptors (Lipinski definition) is 4. The summed E-state index contributed by atoms with van der Waals surface area (Å²) in [6.07, 6.45) is 9.66. The average Bonchev–Trinajstić information content (AvgIpc) is 2.57. The first-order chi connectivity index (χ1) is 11.5. The van der Waals surface area contributed by atoms with E-state index >= 15 is 0 Å². The maximum Gasteiger partial charge on any atom is 0.210 e. The second kappa shape index (κ2) is 10.3. The summed E-state index contributed by atoms with van der Waals surface area (Å²) in [6, 6.07) is 3.59. The lowest BCUT2D eigenvalue weighted by molar-refractivity contribution is -0.104. The minimum Gasteiger partial charge on any atom is -0.493 e. The molecule has 0 spiro atoms. The number of hydrogen-bond donors (Lipinski definition) is 0. The number of allylic oxidation sites excluding steroid dienone is 4. The molecule has 0 amide bonds. The lowest BCUT2D eigenvalue weighted by Gasteiger charge is -2.13. The molecule has 0 saturated carbocycles. The zero-order valence-corrected chi connectivity index (χ0v) is 15.1. The molecule has 1 aromatic rings. The van der Waals surface area contributed by atoms with Crippen molar-refractivity contribution in [3.63, 3.8) is 0 Å². The van der Waals surface area contributed by atoms with E-state index in [1.54, 1.807) is 38.7 Å². The minimum atomic E-state index is 0.518. The van der Waals surface area contributed by atoms with E-state index in [4.69, 9.17) is 14.2 Å². The van der Waals surface area contributed by atoms with Crippen LogP contribution >= 0.6 is 0 Å². The van der Waals surface area contributed by atoms with Crippen LogP contribution in [0.1, 0.15) is 39.2 Å². The smallest absolute Gasteiger partial charge is 0.210 e. The van der Waals surface area contributed by atoms with Gasteiger partial charge in [0.15, 0.2) is 11.5 Å². The van der Waals surface area contributed by atoms with Gasteiger partial charge in [0.1, 0.15) is 6.29 Å². The molecule has 0 bridgehead atoms. The van der Waals surface area contributed by atoms with Crippen molar-refractivity contribution >= 4 is 12.4 Å². The highest BCUT2D eigenvalue weighted by Crippen LogP contribution is 2.39. The fourth-order valence-corrected chi connectivity index (χ4v) is 2.07. The van der Waals surface area contributed by atoms with Crippen LogP contribution in [0.4, 0.5) is 0 Å². The molecule has 0 fully saturated rings. The molecule has 0 aliphatic heterocycles. The van der Waals surface area contributed by atoms with E-state index in [1.165, 1.54) is 11.6 Å². The number of benzene rings is 1. The van der Waals surface area contributed by atoms with Crippen molar-refractivity contribution < 1.29 is 19.0 Å². The van der Waals surface area contributed by atoms with Gasteiger partial charge in [-0.2, -0.15) is 0 Å². The van der Waals surface area contributed by atoms with Crippen LogP contribution in [-0.4, -0.2) is 20.5 Å². The Morgan fingerprint density at radius 2 is 1.71 bits per heavy atom. The average molecular weight is 330 g/mol. The van der Waals surface area contributed by atoms with Gasteiger partial charge >= 0.3 is 0 Å². The fourth-order valence-electron chi connectivity index (χ4n) is 2.07. The first-order valence-electron chi connectivity index (χ1n) is 7.85. The number of ether oxygens (including phenoxy) is 3. The van der Waals surface area contributed by atoms with Gasteiger partial charge in [-0.25, -0.2) is 0 Å². The first-order valence-corrected chi connectivity index (χ1v) is 7.85. The Morgan fingerprint density at radius 3 is 2.21 bits per heavy atom. The molecule has 4 heteroatoms. The zero-order valence-electron chi connectivity index (χ0n) is 15.1. The van der Waals surface area contributed by atoms with Gasteiger partial charge < -0.3 is 14.2 Å². The van der Waals surface area contributed by atoms with E-state index in [-0.39, 0.29) is 0 Å². The topological polar surface area (TPSA) is 44.8 Å². The Balaban J connectivity index is 2.99. The molecule has 0 heterocycles. The maximum absolute atomic E-state index is 10.5. The highest BCUT2D eigenvalue weighted by molar-refractivity contribution is 5.75. The van der Waals surface area contributed by atoms with E-state index in [0.717, 1.165) is 30.3 Å². The van der Waals surface area contributed by atoms with Gasteiger partial charge in [-0.05, 0) is 63.0 Å². The third-order valence-corrected chi connectivity index (χ3v) is 3.32. The first kappa shape index (κ1) is 19.6. The molecule has 0 aliphatic carbocycles. The Bertz CT molecular complexity index is 610. The summed E-state index contributed by atoms with van der Waals surface area (Å²) >= 11 is 0. The molecule has 0 aliphatic rings. The molecule has 0 N–H and O–H groups in total. The molecule has 1 aromatic carbocycles. The quantitative estimate of drug-likeness (QED) is 0.278. The molecule has 1 rings (SSSR count). The largest absolute Gasteiger partial charge is 0.493 e. The lowest BCUT2D eigenvalue weighted by Crippen LogP contribution is -1.96. The summed E-state index contributed by atoms with van der Waals surface area (Å²) in [6.45, 7) is 6.21. The second-order valence-electron chi connectivity index (χ2n) is 5.65. The number of carbonyl (C=O) groups excluding carboxylic acids is 1. The van der Waals surface area contributed by atoms with Crippen molar-refractivity contribution in [3.8, 4) is 17.2 Å². The van der Waals surface area contributed by atoms with E-state index in [0.29, 0.717) is 17.2 Å². The normalized spacial score (nSPS) is 11.3. The minimum absolute atomic E-state index is 0.518. The van der Waals surface area contributed by atoms with Crippen molar-refractivity contribution in [1.82, 2.24) is 0 Å². The molecule has 0 unspecified atom stereocenters. The molecule has 130 valence electrons. The van der Waals surface area contributed by atoms with Crippen LogP contribution in [0.5, 0.6) is 17.2 Å². The third kappa shape index (κ3) is 6.32. The van der Waals surface area contributed by atoms with Crippen molar-refractivity contribution in [1.29, 1.82) is 0 Å². The monoisotopic (exact) mass is 330 g/mol. The fraction of sp³-hybridized carbons (Fsp3) is 0.350. The molecule has 4 nitrogen and oxygen atoms in total. The number of methoxy groups -OCH3 is 2. The predicted octanol–water partition coefficient (Wildman–Crippen LogP) is 4.94. The van der Waals surface area contributed by atoms with E-state index in [9.17, 15) is 4.79 Å². The SMILES string of the molecule is COc1cc(/C=C/C=O)cc(OC)c1O/C=C(\C)CCC=C(C)C. The van der Waals surface area contributed by atoms with Crippen LogP contribution in [0.25, 0.3) is 6.08 Å². The number of rotatable bonds is 9. The molecule has 0 saturated heterocycles. The Hall–Kier alpha value is -2.49. The molecule has 0 aromatic heterocycles. The standard InChI is InChI=1S/C20H26O4/c1-15(2)8-6-9-16(3)14-24-20-18(22-4)12-17(10-7-11-21)13-19(20)23-5/h7-8,10-14H,6,9H2,1-5H3/b10-7+,16-14+.